The molecule has 1 amide bonds. The van der Waals surface area contributed by atoms with E-state index in [0.717, 1.165) is 19.1 Å². The maximum Gasteiger partial charge on any atom is 0.259 e. The van der Waals surface area contributed by atoms with E-state index in [9.17, 15) is 37.8 Å². The number of aliphatic hydroxyl groups is 1. The van der Waals surface area contributed by atoms with Gasteiger partial charge >= 0.3 is 0 Å². The topological polar surface area (TPSA) is 122 Å². The van der Waals surface area contributed by atoms with E-state index in [1.807, 2.05) is 0 Å². The Balaban J connectivity index is 1.80. The number of hydrogen-bond acceptors (Lipinski definition) is 7. The summed E-state index contributed by atoms with van der Waals surface area (Å²) < 4.78 is 52.1. The fourth-order valence-electron chi connectivity index (χ4n) is 4.22. The lowest BCUT2D eigenvalue weighted by molar-refractivity contribution is -0.123. The van der Waals surface area contributed by atoms with Crippen LogP contribution in [0.3, 0.4) is 0 Å². The third kappa shape index (κ3) is 3.50. The summed E-state index contributed by atoms with van der Waals surface area (Å²) in [4.78, 5) is 38.3. The number of nitrogens with one attached hydrogen (secondary N) is 1. The highest BCUT2D eigenvalue weighted by molar-refractivity contribution is 6.25. The predicted octanol–water partition coefficient (Wildman–Crippen LogP) is 3.27. The van der Waals surface area contributed by atoms with Crippen molar-refractivity contribution in [3.05, 3.63) is 75.5 Å². The van der Waals surface area contributed by atoms with E-state index in [1.54, 1.807) is 0 Å². The maximum atomic E-state index is 14.0. The Bertz CT molecular complexity index is 1370. The normalized spacial score (nSPS) is 18.5. The highest BCUT2D eigenvalue weighted by Crippen LogP contribution is 2.56. The van der Waals surface area contributed by atoms with Gasteiger partial charge in [0.05, 0.1) is 12.7 Å². The Labute approximate surface area is 196 Å². The molecule has 2 aromatic carbocycles. The van der Waals surface area contributed by atoms with Gasteiger partial charge in [0.15, 0.2) is 17.3 Å². The van der Waals surface area contributed by atoms with Crippen molar-refractivity contribution in [1.82, 2.24) is 5.32 Å². The minimum atomic E-state index is -1.76. The van der Waals surface area contributed by atoms with Gasteiger partial charge in [0.25, 0.3) is 5.91 Å². The average Bonchev–Trinajstić information content (AvgIpc) is 3.06. The number of phenols is 1. The number of halogens is 3. The van der Waals surface area contributed by atoms with Gasteiger partial charge in [-0.3, -0.25) is 14.4 Å². The van der Waals surface area contributed by atoms with Crippen molar-refractivity contribution < 1.29 is 47.2 Å². The molecule has 2 aromatic rings. The second kappa shape index (κ2) is 8.19. The van der Waals surface area contributed by atoms with E-state index in [4.69, 9.17) is 9.47 Å². The van der Waals surface area contributed by atoms with Crippen LogP contribution in [-0.4, -0.2) is 34.8 Å². The van der Waals surface area contributed by atoms with Gasteiger partial charge in [-0.15, -0.1) is 0 Å². The van der Waals surface area contributed by atoms with E-state index < -0.39 is 69.5 Å². The third-order valence-electron chi connectivity index (χ3n) is 5.97. The van der Waals surface area contributed by atoms with Crippen LogP contribution in [0.5, 0.6) is 17.2 Å². The summed E-state index contributed by atoms with van der Waals surface area (Å²) in [6.45, 7) is 1.76. The molecule has 0 radical (unpaired) electrons. The molecule has 35 heavy (non-hydrogen) atoms. The van der Waals surface area contributed by atoms with E-state index in [1.165, 1.54) is 14.0 Å². The first-order valence-electron chi connectivity index (χ1n) is 10.2. The zero-order valence-corrected chi connectivity index (χ0v) is 18.6. The zero-order valence-electron chi connectivity index (χ0n) is 18.6. The van der Waals surface area contributed by atoms with Crippen LogP contribution in [0.4, 0.5) is 13.2 Å². The van der Waals surface area contributed by atoms with Crippen LogP contribution in [0, 0.1) is 17.5 Å². The van der Waals surface area contributed by atoms with Crippen LogP contribution in [-0.2, 0) is 21.5 Å². The van der Waals surface area contributed by atoms with E-state index in [0.29, 0.717) is 12.1 Å². The molecule has 0 spiro atoms. The number of ketones is 2. The molecule has 1 aliphatic heterocycles. The number of rotatable bonds is 5. The number of methoxy groups -OCH3 is 1. The fourth-order valence-corrected chi connectivity index (χ4v) is 4.22. The molecular formula is C24H18F3NO7. The minimum absolute atomic E-state index is 0.159. The molecular weight excluding hydrogens is 471 g/mol. The molecule has 8 nitrogen and oxygen atoms in total. The maximum absolute atomic E-state index is 14.0. The lowest BCUT2D eigenvalue weighted by Gasteiger charge is -2.27. The predicted molar refractivity (Wildman–Crippen MR) is 114 cm³/mol. The number of allylic oxidation sites excluding steroid dienone is 3. The minimum Gasteiger partial charge on any atom is -0.507 e. The van der Waals surface area contributed by atoms with Gasteiger partial charge in [0.1, 0.15) is 57.0 Å². The Morgan fingerprint density at radius 1 is 1.14 bits per heavy atom. The molecule has 1 aliphatic carbocycles. The van der Waals surface area contributed by atoms with Crippen molar-refractivity contribution in [2.24, 2.45) is 0 Å². The third-order valence-corrected chi connectivity index (χ3v) is 5.97. The largest absolute Gasteiger partial charge is 0.507 e. The summed E-state index contributed by atoms with van der Waals surface area (Å²) in [6, 6.07) is 1.97. The number of carbonyl (C=O) groups excluding carboxylic acids is 3. The van der Waals surface area contributed by atoms with Crippen LogP contribution < -0.4 is 14.8 Å². The van der Waals surface area contributed by atoms with E-state index in [-0.39, 0.29) is 28.4 Å². The first-order valence-corrected chi connectivity index (χ1v) is 10.2. The highest BCUT2D eigenvalue weighted by Gasteiger charge is 2.55. The highest BCUT2D eigenvalue weighted by atomic mass is 19.1. The monoisotopic (exact) mass is 489 g/mol. The second-order valence-electron chi connectivity index (χ2n) is 8.09. The zero-order chi connectivity index (χ0) is 25.8. The molecule has 0 bridgehead atoms. The first-order chi connectivity index (χ1) is 16.4. The average molecular weight is 489 g/mol. The summed E-state index contributed by atoms with van der Waals surface area (Å²) in [5, 5.41) is 23.2. The summed E-state index contributed by atoms with van der Waals surface area (Å²) >= 11 is 0. The molecule has 0 unspecified atom stereocenters. The Morgan fingerprint density at radius 2 is 1.77 bits per heavy atom. The standard InChI is InChI=1S/C24H18F3NO7/c1-9(29)18-14(30)7-17-24(2,22(18)32)20-15(31)6-16(34-3)19(21(20)35-17)23(33)28-8-11-12(26)4-10(25)5-13(11)27/h4-7,30-31H,8H2,1-3H3,(H,28,33)/t24-/m1/s1. The number of phenolic OH excluding ortho intramolecular Hbond substituents is 1. The molecule has 0 saturated heterocycles. The number of ether oxygens (including phenoxy) is 2. The second-order valence-corrected chi connectivity index (χ2v) is 8.09. The fraction of sp³-hybridized carbons (Fsp3) is 0.208. The van der Waals surface area contributed by atoms with Crippen molar-refractivity contribution in [2.45, 2.75) is 25.8 Å². The summed E-state index contributed by atoms with van der Waals surface area (Å²) in [5.41, 5.74) is -3.35. The molecule has 0 aromatic heterocycles. The van der Waals surface area contributed by atoms with Crippen LogP contribution in [0.2, 0.25) is 0 Å². The number of amides is 1. The van der Waals surface area contributed by atoms with E-state index in [2.05, 4.69) is 5.32 Å². The number of Topliss-reactive ketones (excluding diaryl/α,β-unsaturated/α-hetero) is 2. The van der Waals surface area contributed by atoms with Crippen LogP contribution in [0.15, 0.2) is 41.4 Å². The number of aliphatic hydroxyl groups excluding tert-OH is 1. The molecule has 1 atom stereocenters. The molecule has 2 aliphatic rings. The van der Waals surface area contributed by atoms with E-state index >= 15 is 0 Å². The molecule has 11 heteroatoms. The van der Waals surface area contributed by atoms with Crippen molar-refractivity contribution in [2.75, 3.05) is 7.11 Å². The van der Waals surface area contributed by atoms with Crippen LogP contribution in [0.1, 0.15) is 35.3 Å². The SMILES string of the molecule is COc1cc(O)c2c(c1C(=O)NCc1c(F)cc(F)cc1F)OC1=CC(O)=C(C(C)=O)C(=O)[C@]12C. The Hall–Kier alpha value is -4.28. The van der Waals surface area contributed by atoms with Gasteiger partial charge in [0, 0.05) is 36.4 Å². The lowest BCUT2D eigenvalue weighted by Crippen LogP contribution is -2.38. The molecule has 1 heterocycles. The number of hydrogen-bond donors (Lipinski definition) is 3. The van der Waals surface area contributed by atoms with Crippen molar-refractivity contribution >= 4 is 17.5 Å². The van der Waals surface area contributed by atoms with Gasteiger partial charge in [-0.2, -0.15) is 0 Å². The summed E-state index contributed by atoms with van der Waals surface area (Å²) in [5.74, 6) is -7.88. The Kier molecular flexibility index (Phi) is 5.58. The van der Waals surface area contributed by atoms with Gasteiger partial charge in [-0.1, -0.05) is 0 Å². The van der Waals surface area contributed by atoms with Gasteiger partial charge < -0.3 is 25.0 Å². The Morgan fingerprint density at radius 3 is 2.34 bits per heavy atom. The first kappa shape index (κ1) is 23.9. The van der Waals surface area contributed by atoms with Crippen molar-refractivity contribution in [3.63, 3.8) is 0 Å². The lowest BCUT2D eigenvalue weighted by atomic mass is 9.71. The van der Waals surface area contributed by atoms with Gasteiger partial charge in [-0.25, -0.2) is 13.2 Å². The number of aromatic hydroxyl groups is 1. The molecule has 4 rings (SSSR count). The van der Waals surface area contributed by atoms with Crippen LogP contribution >= 0.6 is 0 Å². The molecule has 0 saturated carbocycles. The molecule has 0 fully saturated rings. The van der Waals surface area contributed by atoms with Gasteiger partial charge in [-0.05, 0) is 13.8 Å². The number of benzene rings is 2. The molecule has 3 N–H and O–H groups in total. The number of carbonyl (C=O) groups is 3. The smallest absolute Gasteiger partial charge is 0.259 e. The summed E-state index contributed by atoms with van der Waals surface area (Å²) in [6.07, 6.45) is 1.04. The quantitative estimate of drug-likeness (QED) is 0.551. The van der Waals surface area contributed by atoms with Crippen molar-refractivity contribution in [1.29, 1.82) is 0 Å². The van der Waals surface area contributed by atoms with Crippen LogP contribution in [0.25, 0.3) is 0 Å². The molecule has 182 valence electrons. The summed E-state index contributed by atoms with van der Waals surface area (Å²) in [7, 11) is 1.19. The number of fused-ring (bicyclic) bond motifs is 3. The van der Waals surface area contributed by atoms with Gasteiger partial charge in [0.2, 0.25) is 0 Å². The van der Waals surface area contributed by atoms with Crippen molar-refractivity contribution in [3.8, 4) is 17.2 Å².